The summed E-state index contributed by atoms with van der Waals surface area (Å²) in [6.07, 6.45) is 0.344. The van der Waals surface area contributed by atoms with Crippen LogP contribution in [0.2, 0.25) is 0 Å². The lowest BCUT2D eigenvalue weighted by Crippen LogP contribution is -2.27. The van der Waals surface area contributed by atoms with Crippen molar-refractivity contribution in [1.29, 1.82) is 0 Å². The first-order valence-corrected chi connectivity index (χ1v) is 10.6. The number of nitrogens with zero attached hydrogens (tertiary/aromatic N) is 1. The molecule has 5 heteroatoms. The molecule has 4 nitrogen and oxygen atoms in total. The predicted octanol–water partition coefficient (Wildman–Crippen LogP) is 4.95. The number of anilines is 2. The van der Waals surface area contributed by atoms with Gasteiger partial charge in [0.1, 0.15) is 5.37 Å². The summed E-state index contributed by atoms with van der Waals surface area (Å²) in [5.74, 6) is 0.536. The molecule has 0 aromatic heterocycles. The molecular weight excluding hydrogens is 380 g/mol. The topological polar surface area (TPSA) is 49.4 Å². The molecule has 0 radical (unpaired) electrons. The standard InChI is InChI=1S/C24H22N2O2S/c1-17-7-13-21(14-8-17)26-23(28)16-29-24(26)19-9-11-20(12-10-19)25-22(27)15-18-5-3-2-4-6-18/h2-14,24H,15-16H2,1H3,(H,25,27)/t24-/m0/s1. The van der Waals surface area contributed by atoms with E-state index in [2.05, 4.69) is 5.32 Å². The minimum Gasteiger partial charge on any atom is -0.326 e. The minimum absolute atomic E-state index is 0.0457. The molecule has 0 aliphatic carbocycles. The maximum absolute atomic E-state index is 12.5. The van der Waals surface area contributed by atoms with Crippen LogP contribution in [0.1, 0.15) is 22.1 Å². The first-order valence-electron chi connectivity index (χ1n) is 9.54. The number of benzene rings is 3. The molecule has 2 amide bonds. The minimum atomic E-state index is -0.0562. The van der Waals surface area contributed by atoms with E-state index in [1.807, 2.05) is 90.7 Å². The van der Waals surface area contributed by atoms with Crippen LogP contribution in [-0.4, -0.2) is 17.6 Å². The summed E-state index contributed by atoms with van der Waals surface area (Å²) in [6, 6.07) is 25.5. The van der Waals surface area contributed by atoms with Crippen molar-refractivity contribution >= 4 is 35.0 Å². The Morgan fingerprint density at radius 1 is 1.00 bits per heavy atom. The number of amides is 2. The molecule has 3 aromatic carbocycles. The van der Waals surface area contributed by atoms with Gasteiger partial charge in [0.05, 0.1) is 12.2 Å². The van der Waals surface area contributed by atoms with E-state index in [4.69, 9.17) is 0 Å². The Labute approximate surface area is 174 Å². The zero-order valence-electron chi connectivity index (χ0n) is 16.2. The van der Waals surface area contributed by atoms with E-state index in [0.29, 0.717) is 12.2 Å². The molecule has 29 heavy (non-hydrogen) atoms. The largest absolute Gasteiger partial charge is 0.326 e. The van der Waals surface area contributed by atoms with Crippen molar-refractivity contribution in [2.75, 3.05) is 16.0 Å². The fraction of sp³-hybridized carbons (Fsp3) is 0.167. The van der Waals surface area contributed by atoms with Crippen LogP contribution in [0.25, 0.3) is 0 Å². The van der Waals surface area contributed by atoms with Crippen LogP contribution in [0, 0.1) is 6.92 Å². The highest BCUT2D eigenvalue weighted by atomic mass is 32.2. The van der Waals surface area contributed by atoms with Gasteiger partial charge in [-0.05, 0) is 42.3 Å². The molecule has 1 fully saturated rings. The molecule has 1 atom stereocenters. The molecule has 1 aliphatic heterocycles. The van der Waals surface area contributed by atoms with Crippen LogP contribution in [-0.2, 0) is 16.0 Å². The summed E-state index contributed by atoms with van der Waals surface area (Å²) in [7, 11) is 0. The molecule has 1 aliphatic rings. The van der Waals surface area contributed by atoms with Crippen molar-refractivity contribution in [3.8, 4) is 0 Å². The molecule has 1 saturated heterocycles. The van der Waals surface area contributed by atoms with Gasteiger partial charge in [-0.3, -0.25) is 14.5 Å². The van der Waals surface area contributed by atoms with Gasteiger partial charge in [-0.2, -0.15) is 0 Å². The fourth-order valence-corrected chi connectivity index (χ4v) is 4.55. The number of carbonyl (C=O) groups is 2. The van der Waals surface area contributed by atoms with E-state index < -0.39 is 0 Å². The zero-order chi connectivity index (χ0) is 20.2. The van der Waals surface area contributed by atoms with Gasteiger partial charge >= 0.3 is 0 Å². The molecule has 4 rings (SSSR count). The molecule has 1 heterocycles. The number of carbonyl (C=O) groups excluding carboxylic acids is 2. The van der Waals surface area contributed by atoms with Gasteiger partial charge < -0.3 is 5.32 Å². The Bertz CT molecular complexity index is 1000. The van der Waals surface area contributed by atoms with Crippen molar-refractivity contribution in [3.63, 3.8) is 0 Å². The second-order valence-electron chi connectivity index (χ2n) is 7.10. The average Bonchev–Trinajstić information content (AvgIpc) is 3.11. The number of hydrogen-bond acceptors (Lipinski definition) is 3. The van der Waals surface area contributed by atoms with Crippen molar-refractivity contribution in [2.24, 2.45) is 0 Å². The lowest BCUT2D eigenvalue weighted by Gasteiger charge is -2.24. The second-order valence-corrected chi connectivity index (χ2v) is 8.16. The summed E-state index contributed by atoms with van der Waals surface area (Å²) in [5.41, 5.74) is 4.86. The smallest absolute Gasteiger partial charge is 0.238 e. The van der Waals surface area contributed by atoms with Crippen LogP contribution in [0.4, 0.5) is 11.4 Å². The molecule has 3 aromatic rings. The molecule has 146 valence electrons. The van der Waals surface area contributed by atoms with Gasteiger partial charge in [-0.25, -0.2) is 0 Å². The number of nitrogens with one attached hydrogen (secondary N) is 1. The van der Waals surface area contributed by atoms with E-state index in [-0.39, 0.29) is 17.2 Å². The molecule has 1 N–H and O–H groups in total. The van der Waals surface area contributed by atoms with Gasteiger partial charge in [0.25, 0.3) is 0 Å². The van der Waals surface area contributed by atoms with Gasteiger partial charge in [0.2, 0.25) is 11.8 Å². The normalized spacial score (nSPS) is 16.1. The lowest BCUT2D eigenvalue weighted by molar-refractivity contribution is -0.116. The Balaban J connectivity index is 1.46. The fourth-order valence-electron chi connectivity index (χ4n) is 3.37. The number of thioether (sulfide) groups is 1. The van der Waals surface area contributed by atoms with Crippen molar-refractivity contribution in [1.82, 2.24) is 0 Å². The van der Waals surface area contributed by atoms with Crippen molar-refractivity contribution in [2.45, 2.75) is 18.7 Å². The monoisotopic (exact) mass is 402 g/mol. The third-order valence-corrected chi connectivity index (χ3v) is 6.08. The predicted molar refractivity (Wildman–Crippen MR) is 119 cm³/mol. The van der Waals surface area contributed by atoms with Crippen LogP contribution in [0.5, 0.6) is 0 Å². The maximum Gasteiger partial charge on any atom is 0.238 e. The molecule has 0 bridgehead atoms. The van der Waals surface area contributed by atoms with Crippen LogP contribution in [0.15, 0.2) is 78.9 Å². The lowest BCUT2D eigenvalue weighted by atomic mass is 10.1. The van der Waals surface area contributed by atoms with Crippen LogP contribution >= 0.6 is 11.8 Å². The number of rotatable bonds is 5. The van der Waals surface area contributed by atoms with E-state index in [0.717, 1.165) is 22.5 Å². The highest BCUT2D eigenvalue weighted by Gasteiger charge is 2.33. The van der Waals surface area contributed by atoms with Crippen molar-refractivity contribution in [3.05, 3.63) is 95.6 Å². The Morgan fingerprint density at radius 3 is 2.38 bits per heavy atom. The van der Waals surface area contributed by atoms with Crippen molar-refractivity contribution < 1.29 is 9.59 Å². The Morgan fingerprint density at radius 2 is 1.69 bits per heavy atom. The first-order chi connectivity index (χ1) is 14.1. The van der Waals surface area contributed by atoms with E-state index in [1.165, 1.54) is 5.56 Å². The summed E-state index contributed by atoms with van der Waals surface area (Å²) in [5, 5.41) is 2.88. The number of hydrogen-bond donors (Lipinski definition) is 1. The Kier molecular flexibility index (Phi) is 5.67. The quantitative estimate of drug-likeness (QED) is 0.657. The van der Waals surface area contributed by atoms with Gasteiger partial charge in [-0.1, -0.05) is 60.2 Å². The summed E-state index contributed by atoms with van der Waals surface area (Å²) >= 11 is 1.62. The summed E-state index contributed by atoms with van der Waals surface area (Å²) in [4.78, 5) is 26.6. The third kappa shape index (κ3) is 4.51. The van der Waals surface area contributed by atoms with Crippen LogP contribution in [0.3, 0.4) is 0 Å². The second kappa shape index (κ2) is 8.53. The summed E-state index contributed by atoms with van der Waals surface area (Å²) in [6.45, 7) is 2.03. The first kappa shape index (κ1) is 19.3. The van der Waals surface area contributed by atoms with Gasteiger partial charge in [-0.15, -0.1) is 11.8 Å². The average molecular weight is 403 g/mol. The highest BCUT2D eigenvalue weighted by molar-refractivity contribution is 8.00. The maximum atomic E-state index is 12.5. The van der Waals surface area contributed by atoms with Crippen LogP contribution < -0.4 is 10.2 Å². The molecular formula is C24H22N2O2S. The highest BCUT2D eigenvalue weighted by Crippen LogP contribution is 2.41. The summed E-state index contributed by atoms with van der Waals surface area (Å²) < 4.78 is 0. The molecule has 0 unspecified atom stereocenters. The molecule has 0 spiro atoms. The molecule has 0 saturated carbocycles. The zero-order valence-corrected chi connectivity index (χ0v) is 17.0. The SMILES string of the molecule is Cc1ccc(N2C(=O)CS[C@H]2c2ccc(NC(=O)Cc3ccccc3)cc2)cc1. The number of aryl methyl sites for hydroxylation is 1. The van der Waals surface area contributed by atoms with Gasteiger partial charge in [0, 0.05) is 11.4 Å². The van der Waals surface area contributed by atoms with E-state index in [9.17, 15) is 9.59 Å². The third-order valence-electron chi connectivity index (χ3n) is 4.87. The Hall–Kier alpha value is -3.05. The van der Waals surface area contributed by atoms with E-state index >= 15 is 0 Å². The van der Waals surface area contributed by atoms with Gasteiger partial charge in [0.15, 0.2) is 0 Å². The van der Waals surface area contributed by atoms with E-state index in [1.54, 1.807) is 11.8 Å².